The van der Waals surface area contributed by atoms with Crippen molar-refractivity contribution in [3.63, 3.8) is 0 Å². The van der Waals surface area contributed by atoms with Crippen LogP contribution in [0, 0.1) is 5.92 Å². The van der Waals surface area contributed by atoms with Crippen molar-refractivity contribution in [1.29, 1.82) is 0 Å². The molecule has 3 nitrogen and oxygen atoms in total. The van der Waals surface area contributed by atoms with Gasteiger partial charge in [0.25, 0.3) is 0 Å². The van der Waals surface area contributed by atoms with Crippen molar-refractivity contribution in [3.8, 4) is 0 Å². The van der Waals surface area contributed by atoms with Crippen molar-refractivity contribution in [2.24, 2.45) is 5.92 Å². The van der Waals surface area contributed by atoms with Crippen LogP contribution in [0.1, 0.15) is 52.4 Å². The molecule has 0 saturated heterocycles. The first-order valence-electron chi connectivity index (χ1n) is 9.30. The molecule has 1 aliphatic carbocycles. The topological polar surface area (TPSA) is 38.3 Å². The molecule has 0 saturated carbocycles. The van der Waals surface area contributed by atoms with Crippen molar-refractivity contribution in [2.45, 2.75) is 31.5 Å². The smallest absolute Gasteiger partial charge is 0.416 e. The van der Waals surface area contributed by atoms with E-state index in [9.17, 15) is 18.0 Å². The third kappa shape index (κ3) is 3.28. The van der Waals surface area contributed by atoms with Crippen LogP contribution in [0.5, 0.6) is 0 Å². The molecular formula is C22H20F3NO2. The molecule has 2 aromatic rings. The second kappa shape index (κ2) is 7.00. The van der Waals surface area contributed by atoms with Gasteiger partial charge in [0.1, 0.15) is 0 Å². The summed E-state index contributed by atoms with van der Waals surface area (Å²) in [7, 11) is 0. The van der Waals surface area contributed by atoms with Gasteiger partial charge in [-0.25, -0.2) is 4.79 Å². The Morgan fingerprint density at radius 2 is 2.04 bits per heavy atom. The van der Waals surface area contributed by atoms with Crippen molar-refractivity contribution in [3.05, 3.63) is 76.9 Å². The number of ether oxygens (including phenoxy) is 1. The molecule has 3 atom stereocenters. The van der Waals surface area contributed by atoms with Crippen molar-refractivity contribution < 1.29 is 22.7 Å². The molecule has 2 aromatic carbocycles. The Balaban J connectivity index is 1.71. The van der Waals surface area contributed by atoms with E-state index in [2.05, 4.69) is 17.5 Å². The number of alkyl halides is 3. The average Bonchev–Trinajstić information content (AvgIpc) is 3.17. The van der Waals surface area contributed by atoms with Gasteiger partial charge in [0.15, 0.2) is 0 Å². The van der Waals surface area contributed by atoms with E-state index in [0.29, 0.717) is 17.7 Å². The first-order valence-corrected chi connectivity index (χ1v) is 9.30. The maximum absolute atomic E-state index is 13.1. The van der Waals surface area contributed by atoms with E-state index in [0.717, 1.165) is 23.7 Å². The van der Waals surface area contributed by atoms with E-state index < -0.39 is 11.7 Å². The number of benzene rings is 2. The lowest BCUT2D eigenvalue weighted by Gasteiger charge is -2.38. The fourth-order valence-corrected chi connectivity index (χ4v) is 4.17. The number of halogens is 3. The Labute approximate surface area is 161 Å². The average molecular weight is 387 g/mol. The van der Waals surface area contributed by atoms with Gasteiger partial charge < -0.3 is 10.1 Å². The molecule has 0 aromatic heterocycles. The molecule has 0 bridgehead atoms. The number of nitrogens with one attached hydrogen (secondary N) is 1. The molecule has 0 fully saturated rings. The van der Waals surface area contributed by atoms with Crippen LogP contribution in [-0.4, -0.2) is 12.6 Å². The summed E-state index contributed by atoms with van der Waals surface area (Å²) in [5, 5.41) is 3.40. The predicted molar refractivity (Wildman–Crippen MR) is 100 cm³/mol. The number of carbonyl (C=O) groups is 1. The van der Waals surface area contributed by atoms with Gasteiger partial charge in [-0.2, -0.15) is 13.2 Å². The predicted octanol–water partition coefficient (Wildman–Crippen LogP) is 5.71. The first kappa shape index (κ1) is 18.6. The summed E-state index contributed by atoms with van der Waals surface area (Å²) in [6.45, 7) is 2.06. The van der Waals surface area contributed by atoms with E-state index in [1.807, 2.05) is 12.1 Å². The van der Waals surface area contributed by atoms with E-state index in [1.165, 1.54) is 12.1 Å². The Morgan fingerprint density at radius 1 is 1.21 bits per heavy atom. The van der Waals surface area contributed by atoms with Gasteiger partial charge in [-0.15, -0.1) is 0 Å². The fraction of sp³-hybridized carbons (Fsp3) is 0.318. The first-order chi connectivity index (χ1) is 13.4. The zero-order chi connectivity index (χ0) is 19.9. The highest BCUT2D eigenvalue weighted by Gasteiger charge is 2.39. The molecule has 146 valence electrons. The minimum atomic E-state index is -4.37. The molecular weight excluding hydrogens is 367 g/mol. The minimum Gasteiger partial charge on any atom is -0.462 e. The summed E-state index contributed by atoms with van der Waals surface area (Å²) in [5.74, 6) is -0.234. The molecule has 0 amide bonds. The highest BCUT2D eigenvalue weighted by Crippen LogP contribution is 2.50. The zero-order valence-electron chi connectivity index (χ0n) is 15.3. The molecule has 1 aliphatic heterocycles. The Hall–Kier alpha value is -2.76. The molecule has 1 heterocycles. The number of fused-ring (bicyclic) bond motifs is 3. The number of hydrogen-bond donors (Lipinski definition) is 1. The van der Waals surface area contributed by atoms with Gasteiger partial charge in [0.05, 0.1) is 23.8 Å². The third-order valence-corrected chi connectivity index (χ3v) is 5.45. The number of allylic oxidation sites excluding steroid dienone is 2. The SMILES string of the molecule is CCOC(=O)c1ccc2c(c1)[C@H]1C=CC[C@H]1[C@H](c1cccc(C(F)(F)F)c1)N2. The van der Waals surface area contributed by atoms with Crippen LogP contribution in [0.3, 0.4) is 0 Å². The van der Waals surface area contributed by atoms with Crippen LogP contribution in [0.15, 0.2) is 54.6 Å². The van der Waals surface area contributed by atoms with Gasteiger partial charge in [-0.1, -0.05) is 24.3 Å². The summed E-state index contributed by atoms with van der Waals surface area (Å²) in [6.07, 6.45) is 0.537. The molecule has 28 heavy (non-hydrogen) atoms. The van der Waals surface area contributed by atoms with Gasteiger partial charge in [-0.3, -0.25) is 0 Å². The summed E-state index contributed by atoms with van der Waals surface area (Å²) in [4.78, 5) is 12.1. The lowest BCUT2D eigenvalue weighted by Crippen LogP contribution is -2.29. The summed E-state index contributed by atoms with van der Waals surface area (Å²) < 4.78 is 44.5. The number of esters is 1. The largest absolute Gasteiger partial charge is 0.462 e. The summed E-state index contributed by atoms with van der Waals surface area (Å²) in [6, 6.07) is 10.6. The van der Waals surface area contributed by atoms with Crippen LogP contribution >= 0.6 is 0 Å². The van der Waals surface area contributed by atoms with Gasteiger partial charge in [0.2, 0.25) is 0 Å². The standard InChI is InChI=1S/C22H20F3NO2/c1-2-28-21(27)14-9-10-19-18(12-14)16-7-4-8-17(16)20(26-19)13-5-3-6-15(11-13)22(23,24)25/h3-7,9-12,16-17,20,26H,2,8H2,1H3/t16-,17+,20-/m0/s1. The molecule has 0 spiro atoms. The molecule has 2 aliphatic rings. The Kier molecular flexibility index (Phi) is 4.65. The van der Waals surface area contributed by atoms with Gasteiger partial charge in [-0.05, 0) is 60.7 Å². The van der Waals surface area contributed by atoms with E-state index >= 15 is 0 Å². The highest BCUT2D eigenvalue weighted by atomic mass is 19.4. The van der Waals surface area contributed by atoms with Crippen molar-refractivity contribution >= 4 is 11.7 Å². The second-order valence-corrected chi connectivity index (χ2v) is 7.12. The van der Waals surface area contributed by atoms with Crippen LogP contribution in [0.4, 0.5) is 18.9 Å². The van der Waals surface area contributed by atoms with E-state index in [4.69, 9.17) is 4.74 Å². The van der Waals surface area contributed by atoms with Crippen molar-refractivity contribution in [1.82, 2.24) is 0 Å². The highest BCUT2D eigenvalue weighted by molar-refractivity contribution is 5.90. The van der Waals surface area contributed by atoms with Gasteiger partial charge in [0, 0.05) is 11.6 Å². The van der Waals surface area contributed by atoms with Crippen LogP contribution in [-0.2, 0) is 10.9 Å². The molecule has 4 rings (SSSR count). The number of hydrogen-bond acceptors (Lipinski definition) is 3. The van der Waals surface area contributed by atoms with Crippen LogP contribution in [0.25, 0.3) is 0 Å². The maximum Gasteiger partial charge on any atom is 0.416 e. The third-order valence-electron chi connectivity index (χ3n) is 5.45. The fourth-order valence-electron chi connectivity index (χ4n) is 4.17. The number of carbonyl (C=O) groups excluding carboxylic acids is 1. The molecule has 0 unspecified atom stereocenters. The van der Waals surface area contributed by atoms with Crippen LogP contribution in [0.2, 0.25) is 0 Å². The van der Waals surface area contributed by atoms with E-state index in [1.54, 1.807) is 19.1 Å². The monoisotopic (exact) mass is 387 g/mol. The normalized spacial score (nSPS) is 22.9. The Morgan fingerprint density at radius 3 is 2.79 bits per heavy atom. The van der Waals surface area contributed by atoms with Gasteiger partial charge >= 0.3 is 12.1 Å². The second-order valence-electron chi connectivity index (χ2n) is 7.12. The molecule has 6 heteroatoms. The summed E-state index contributed by atoms with van der Waals surface area (Å²) in [5.41, 5.74) is 2.28. The minimum absolute atomic E-state index is 0.0465. The number of rotatable bonds is 3. The Bertz CT molecular complexity index is 936. The van der Waals surface area contributed by atoms with Crippen LogP contribution < -0.4 is 5.32 Å². The molecule has 1 N–H and O–H groups in total. The van der Waals surface area contributed by atoms with Crippen molar-refractivity contribution in [2.75, 3.05) is 11.9 Å². The zero-order valence-corrected chi connectivity index (χ0v) is 15.3. The summed E-state index contributed by atoms with van der Waals surface area (Å²) >= 11 is 0. The number of anilines is 1. The lowest BCUT2D eigenvalue weighted by atomic mass is 9.76. The van der Waals surface area contributed by atoms with E-state index in [-0.39, 0.29) is 23.8 Å². The molecule has 0 radical (unpaired) electrons. The lowest BCUT2D eigenvalue weighted by molar-refractivity contribution is -0.137. The maximum atomic E-state index is 13.1. The quantitative estimate of drug-likeness (QED) is 0.542.